The summed E-state index contributed by atoms with van der Waals surface area (Å²) < 4.78 is 28.1. The highest BCUT2D eigenvalue weighted by molar-refractivity contribution is 7.92. The molecule has 1 aromatic heterocycles. The molecular weight excluding hydrogens is 554 g/mol. The van der Waals surface area contributed by atoms with E-state index in [4.69, 9.17) is 0 Å². The SMILES string of the molecule is CCCCN(CCCC)C(=O)c1cc(C)n(-c2ccc(NS(C)(=O)=O)cc2C(=O)N2CCc3ccccc3[C@H]2CO)n1. The molecule has 11 heteroatoms. The van der Waals surface area contributed by atoms with Gasteiger partial charge in [-0.05, 0) is 61.6 Å². The maximum Gasteiger partial charge on any atom is 0.274 e. The van der Waals surface area contributed by atoms with Gasteiger partial charge in [0.25, 0.3) is 11.8 Å². The minimum Gasteiger partial charge on any atom is -0.394 e. The highest BCUT2D eigenvalue weighted by Gasteiger charge is 2.33. The third kappa shape index (κ3) is 7.01. The number of nitrogens with zero attached hydrogens (tertiary/aromatic N) is 4. The van der Waals surface area contributed by atoms with Gasteiger partial charge < -0.3 is 14.9 Å². The third-order valence-corrected chi connectivity index (χ3v) is 8.17. The topological polar surface area (TPSA) is 125 Å². The van der Waals surface area contributed by atoms with Crippen molar-refractivity contribution in [1.29, 1.82) is 0 Å². The molecule has 0 aliphatic carbocycles. The van der Waals surface area contributed by atoms with Crippen LogP contribution in [0.1, 0.15) is 83.2 Å². The first-order valence-electron chi connectivity index (χ1n) is 14.6. The predicted octanol–water partition coefficient (Wildman–Crippen LogP) is 4.33. The lowest BCUT2D eigenvalue weighted by Gasteiger charge is -2.36. The number of carbonyl (C=O) groups is 2. The zero-order valence-electron chi connectivity index (χ0n) is 24.8. The Morgan fingerprint density at radius 3 is 2.40 bits per heavy atom. The van der Waals surface area contributed by atoms with Crippen LogP contribution < -0.4 is 4.72 Å². The Hall–Kier alpha value is -3.70. The van der Waals surface area contributed by atoms with Crippen molar-refractivity contribution < 1.29 is 23.1 Å². The monoisotopic (exact) mass is 595 g/mol. The highest BCUT2D eigenvalue weighted by Crippen LogP contribution is 2.32. The first-order chi connectivity index (χ1) is 20.1. The van der Waals surface area contributed by atoms with E-state index in [-0.39, 0.29) is 35.4 Å². The van der Waals surface area contributed by atoms with E-state index in [1.807, 2.05) is 36.1 Å². The maximum atomic E-state index is 14.2. The van der Waals surface area contributed by atoms with Crippen LogP contribution in [0.4, 0.5) is 5.69 Å². The van der Waals surface area contributed by atoms with Crippen molar-refractivity contribution >= 4 is 27.5 Å². The molecule has 10 nitrogen and oxygen atoms in total. The van der Waals surface area contributed by atoms with Gasteiger partial charge in [0, 0.05) is 31.0 Å². The number of hydrogen-bond acceptors (Lipinski definition) is 6. The van der Waals surface area contributed by atoms with E-state index < -0.39 is 16.1 Å². The molecule has 2 N–H and O–H groups in total. The Kier molecular flexibility index (Phi) is 10.1. The van der Waals surface area contributed by atoms with Gasteiger partial charge >= 0.3 is 0 Å². The van der Waals surface area contributed by atoms with Crippen LogP contribution in [0.15, 0.2) is 48.5 Å². The number of carbonyl (C=O) groups excluding carboxylic acids is 2. The van der Waals surface area contributed by atoms with Crippen molar-refractivity contribution in [3.05, 3.63) is 76.6 Å². The molecule has 0 fully saturated rings. The van der Waals surface area contributed by atoms with Crippen LogP contribution in [0, 0.1) is 6.92 Å². The number of aliphatic hydroxyl groups is 1. The number of rotatable bonds is 12. The molecule has 3 aromatic rings. The van der Waals surface area contributed by atoms with Gasteiger partial charge in [0.2, 0.25) is 10.0 Å². The van der Waals surface area contributed by atoms with Crippen molar-refractivity contribution in [3.8, 4) is 5.69 Å². The predicted molar refractivity (Wildman–Crippen MR) is 163 cm³/mol. The van der Waals surface area contributed by atoms with Crippen molar-refractivity contribution in [1.82, 2.24) is 19.6 Å². The molecule has 1 aliphatic heterocycles. The lowest BCUT2D eigenvalue weighted by atomic mass is 9.92. The van der Waals surface area contributed by atoms with Gasteiger partial charge in [0.15, 0.2) is 5.69 Å². The van der Waals surface area contributed by atoms with E-state index in [0.717, 1.165) is 43.1 Å². The molecule has 0 radical (unpaired) electrons. The fourth-order valence-electron chi connectivity index (χ4n) is 5.41. The van der Waals surface area contributed by atoms with Crippen LogP contribution in [0.3, 0.4) is 0 Å². The van der Waals surface area contributed by atoms with E-state index in [1.54, 1.807) is 27.8 Å². The number of fused-ring (bicyclic) bond motifs is 1. The quantitative estimate of drug-likeness (QED) is 0.321. The number of unbranched alkanes of at least 4 members (excludes halogenated alkanes) is 2. The van der Waals surface area contributed by atoms with E-state index in [1.165, 1.54) is 6.07 Å². The van der Waals surface area contributed by atoms with Crippen LogP contribution in [-0.4, -0.2) is 77.4 Å². The minimum absolute atomic E-state index is 0.157. The van der Waals surface area contributed by atoms with Crippen molar-refractivity contribution in [2.24, 2.45) is 0 Å². The second kappa shape index (κ2) is 13.5. The molecule has 0 saturated heterocycles. The fraction of sp³-hybridized carbons (Fsp3) is 0.452. The van der Waals surface area contributed by atoms with E-state index in [2.05, 4.69) is 23.7 Å². The summed E-state index contributed by atoms with van der Waals surface area (Å²) >= 11 is 0. The number of nitrogens with one attached hydrogen (secondary N) is 1. The molecule has 2 amide bonds. The average Bonchev–Trinajstić information content (AvgIpc) is 3.36. The molecule has 1 atom stereocenters. The first-order valence-corrected chi connectivity index (χ1v) is 16.4. The molecule has 226 valence electrons. The number of anilines is 1. The van der Waals surface area contributed by atoms with Gasteiger partial charge in [-0.15, -0.1) is 0 Å². The smallest absolute Gasteiger partial charge is 0.274 e. The van der Waals surface area contributed by atoms with E-state index >= 15 is 0 Å². The summed E-state index contributed by atoms with van der Waals surface area (Å²) in [6, 6.07) is 13.6. The summed E-state index contributed by atoms with van der Waals surface area (Å²) in [6.45, 7) is 7.41. The Balaban J connectivity index is 1.76. The van der Waals surface area contributed by atoms with E-state index in [9.17, 15) is 23.1 Å². The van der Waals surface area contributed by atoms with E-state index in [0.29, 0.717) is 37.4 Å². The summed E-state index contributed by atoms with van der Waals surface area (Å²) in [7, 11) is -3.61. The van der Waals surface area contributed by atoms with Crippen molar-refractivity contribution in [2.75, 3.05) is 37.2 Å². The molecule has 2 heterocycles. The van der Waals surface area contributed by atoms with Gasteiger partial charge in [-0.25, -0.2) is 13.1 Å². The summed E-state index contributed by atoms with van der Waals surface area (Å²) in [5, 5.41) is 15.0. The summed E-state index contributed by atoms with van der Waals surface area (Å²) in [4.78, 5) is 31.2. The highest BCUT2D eigenvalue weighted by atomic mass is 32.2. The van der Waals surface area contributed by atoms with Crippen molar-refractivity contribution in [2.45, 2.75) is 58.9 Å². The minimum atomic E-state index is -3.61. The number of aromatic nitrogens is 2. The van der Waals surface area contributed by atoms with Gasteiger partial charge in [-0.1, -0.05) is 51.0 Å². The standard InChI is InChI=1S/C31H41N5O5S/c1-5-7-16-34(17-8-6-2)31(39)27-19-22(3)36(32-27)28-14-13-24(33-42(4,40)41)20-26(28)30(38)35-18-15-23-11-9-10-12-25(23)29(35)21-37/h9-14,19-20,29,33,37H,5-8,15-18,21H2,1-4H3/t29-/m1/s1. The third-order valence-electron chi connectivity index (χ3n) is 7.56. The normalized spacial score (nSPS) is 14.9. The van der Waals surface area contributed by atoms with Gasteiger partial charge in [-0.2, -0.15) is 5.10 Å². The molecular formula is C31H41N5O5S. The number of aryl methyl sites for hydroxylation is 1. The van der Waals surface area contributed by atoms with Gasteiger partial charge in [0.1, 0.15) is 0 Å². The largest absolute Gasteiger partial charge is 0.394 e. The Labute approximate surface area is 248 Å². The average molecular weight is 596 g/mol. The van der Waals surface area contributed by atoms with Gasteiger partial charge in [-0.3, -0.25) is 14.3 Å². The number of benzene rings is 2. The Bertz CT molecular complexity index is 1530. The van der Waals surface area contributed by atoms with Gasteiger partial charge in [0.05, 0.1) is 30.2 Å². The lowest BCUT2D eigenvalue weighted by molar-refractivity contribution is 0.0568. The Morgan fingerprint density at radius 2 is 1.76 bits per heavy atom. The fourth-order valence-corrected chi connectivity index (χ4v) is 5.97. The zero-order valence-corrected chi connectivity index (χ0v) is 25.7. The molecule has 0 saturated carbocycles. The van der Waals surface area contributed by atoms with Crippen molar-refractivity contribution in [3.63, 3.8) is 0 Å². The van der Waals surface area contributed by atoms with Crippen LogP contribution in [-0.2, 0) is 16.4 Å². The maximum absolute atomic E-state index is 14.2. The second-order valence-corrected chi connectivity index (χ2v) is 12.6. The van der Waals surface area contributed by atoms with Crippen LogP contribution in [0.25, 0.3) is 5.69 Å². The molecule has 0 bridgehead atoms. The van der Waals surface area contributed by atoms with Crippen LogP contribution in [0.5, 0.6) is 0 Å². The number of sulfonamides is 1. The Morgan fingerprint density at radius 1 is 1.07 bits per heavy atom. The number of amides is 2. The molecule has 1 aliphatic rings. The summed E-state index contributed by atoms with van der Waals surface area (Å²) in [5.41, 5.74) is 3.76. The number of hydrogen-bond donors (Lipinski definition) is 2. The number of aliphatic hydroxyl groups excluding tert-OH is 1. The zero-order chi connectivity index (χ0) is 30.4. The first kappa shape index (κ1) is 31.2. The summed E-state index contributed by atoms with van der Waals surface area (Å²) in [6.07, 6.45) is 5.40. The van der Waals surface area contributed by atoms with Crippen LogP contribution in [0.2, 0.25) is 0 Å². The molecule has 0 spiro atoms. The van der Waals surface area contributed by atoms with Crippen LogP contribution >= 0.6 is 0 Å². The second-order valence-electron chi connectivity index (χ2n) is 10.8. The summed E-state index contributed by atoms with van der Waals surface area (Å²) in [5.74, 6) is -0.527. The lowest BCUT2D eigenvalue weighted by Crippen LogP contribution is -2.42. The molecule has 2 aromatic carbocycles. The molecule has 4 rings (SSSR count). The molecule has 0 unspecified atom stereocenters. The molecule has 42 heavy (non-hydrogen) atoms.